The van der Waals surface area contributed by atoms with Crippen molar-refractivity contribution in [1.82, 2.24) is 0 Å². The number of ether oxygens (including phenoxy) is 2. The van der Waals surface area contributed by atoms with Gasteiger partial charge in [-0.15, -0.1) is 0 Å². The maximum Gasteiger partial charge on any atom is 0.119 e. The SMILES string of the molecule is CCOC(C)C(N)c1ccc(OC2CC2)cc1. The summed E-state index contributed by atoms with van der Waals surface area (Å²) in [7, 11) is 0. The Kier molecular flexibility index (Phi) is 4.02. The molecule has 0 spiro atoms. The van der Waals surface area contributed by atoms with Crippen LogP contribution in [0.5, 0.6) is 5.75 Å². The average Bonchev–Trinajstić information content (AvgIpc) is 3.13. The van der Waals surface area contributed by atoms with Gasteiger partial charge in [-0.2, -0.15) is 0 Å². The predicted molar refractivity (Wildman–Crippen MR) is 68.1 cm³/mol. The van der Waals surface area contributed by atoms with Crippen LogP contribution in [0.3, 0.4) is 0 Å². The number of rotatable bonds is 6. The summed E-state index contributed by atoms with van der Waals surface area (Å²) in [5.41, 5.74) is 7.21. The van der Waals surface area contributed by atoms with Crippen LogP contribution in [0.4, 0.5) is 0 Å². The zero-order valence-electron chi connectivity index (χ0n) is 10.6. The van der Waals surface area contributed by atoms with Crippen molar-refractivity contribution in [2.24, 2.45) is 5.73 Å². The normalized spacial score (nSPS) is 18.8. The molecule has 0 bridgehead atoms. The Morgan fingerprint density at radius 2 is 1.94 bits per heavy atom. The molecule has 3 heteroatoms. The van der Waals surface area contributed by atoms with Crippen molar-refractivity contribution in [1.29, 1.82) is 0 Å². The van der Waals surface area contributed by atoms with Crippen LogP contribution in [0.15, 0.2) is 24.3 Å². The van der Waals surface area contributed by atoms with Gasteiger partial charge in [-0.1, -0.05) is 12.1 Å². The van der Waals surface area contributed by atoms with Gasteiger partial charge < -0.3 is 15.2 Å². The molecule has 0 amide bonds. The molecule has 1 saturated carbocycles. The third-order valence-electron chi connectivity index (χ3n) is 3.03. The van der Waals surface area contributed by atoms with Crippen molar-refractivity contribution in [2.75, 3.05) is 6.61 Å². The molecule has 1 aromatic carbocycles. The molecule has 3 nitrogen and oxygen atoms in total. The van der Waals surface area contributed by atoms with E-state index in [1.807, 2.05) is 38.1 Å². The van der Waals surface area contributed by atoms with Gasteiger partial charge in [0.05, 0.1) is 18.2 Å². The lowest BCUT2D eigenvalue weighted by Crippen LogP contribution is -2.26. The zero-order chi connectivity index (χ0) is 12.3. The van der Waals surface area contributed by atoms with Crippen molar-refractivity contribution in [3.8, 4) is 5.75 Å². The molecule has 0 radical (unpaired) electrons. The molecule has 1 aliphatic carbocycles. The first-order valence-corrected chi connectivity index (χ1v) is 6.34. The first-order chi connectivity index (χ1) is 8.20. The second-order valence-corrected chi connectivity index (χ2v) is 4.57. The van der Waals surface area contributed by atoms with E-state index in [1.165, 1.54) is 12.8 Å². The lowest BCUT2D eigenvalue weighted by atomic mass is 10.0. The molecule has 0 heterocycles. The third-order valence-corrected chi connectivity index (χ3v) is 3.03. The van der Waals surface area contributed by atoms with Crippen molar-refractivity contribution in [3.63, 3.8) is 0 Å². The molecule has 2 unspecified atom stereocenters. The molecule has 2 rings (SSSR count). The molecule has 2 atom stereocenters. The van der Waals surface area contributed by atoms with E-state index in [1.54, 1.807) is 0 Å². The van der Waals surface area contributed by atoms with Crippen LogP contribution in [0.25, 0.3) is 0 Å². The maximum atomic E-state index is 6.12. The van der Waals surface area contributed by atoms with Gasteiger partial charge in [0.15, 0.2) is 0 Å². The number of hydrogen-bond donors (Lipinski definition) is 1. The molecule has 0 aliphatic heterocycles. The number of benzene rings is 1. The Morgan fingerprint density at radius 3 is 2.47 bits per heavy atom. The highest BCUT2D eigenvalue weighted by atomic mass is 16.5. The molecule has 1 aliphatic rings. The fourth-order valence-electron chi connectivity index (χ4n) is 1.78. The summed E-state index contributed by atoms with van der Waals surface area (Å²) < 4.78 is 11.2. The highest BCUT2D eigenvalue weighted by molar-refractivity contribution is 5.30. The predicted octanol–water partition coefficient (Wildman–Crippen LogP) is 2.65. The standard InChI is InChI=1S/C14H21NO2/c1-3-16-10(2)14(15)11-4-6-12(7-5-11)17-13-8-9-13/h4-7,10,13-14H,3,8-9,15H2,1-2H3. The summed E-state index contributed by atoms with van der Waals surface area (Å²) in [4.78, 5) is 0. The van der Waals surface area contributed by atoms with E-state index in [2.05, 4.69) is 0 Å². The Morgan fingerprint density at radius 1 is 1.29 bits per heavy atom. The van der Waals surface area contributed by atoms with Crippen molar-refractivity contribution < 1.29 is 9.47 Å². The van der Waals surface area contributed by atoms with Gasteiger partial charge in [0, 0.05) is 6.61 Å². The Hall–Kier alpha value is -1.06. The number of hydrogen-bond acceptors (Lipinski definition) is 3. The molecule has 94 valence electrons. The quantitative estimate of drug-likeness (QED) is 0.824. The summed E-state index contributed by atoms with van der Waals surface area (Å²) >= 11 is 0. The smallest absolute Gasteiger partial charge is 0.119 e. The fraction of sp³-hybridized carbons (Fsp3) is 0.571. The van der Waals surface area contributed by atoms with Gasteiger partial charge in [0.2, 0.25) is 0 Å². The molecule has 1 aromatic rings. The molecule has 17 heavy (non-hydrogen) atoms. The molecule has 0 aromatic heterocycles. The summed E-state index contributed by atoms with van der Waals surface area (Å²) in [5, 5.41) is 0. The van der Waals surface area contributed by atoms with Gasteiger partial charge in [-0.05, 0) is 44.4 Å². The van der Waals surface area contributed by atoms with E-state index in [0.717, 1.165) is 11.3 Å². The van der Waals surface area contributed by atoms with Gasteiger partial charge in [-0.25, -0.2) is 0 Å². The van der Waals surface area contributed by atoms with Gasteiger partial charge in [0.25, 0.3) is 0 Å². The van der Waals surface area contributed by atoms with E-state index in [9.17, 15) is 0 Å². The lowest BCUT2D eigenvalue weighted by molar-refractivity contribution is 0.0574. The van der Waals surface area contributed by atoms with Crippen LogP contribution in [0, 0.1) is 0 Å². The van der Waals surface area contributed by atoms with E-state index in [4.69, 9.17) is 15.2 Å². The summed E-state index contributed by atoms with van der Waals surface area (Å²) in [6.45, 7) is 4.68. The van der Waals surface area contributed by atoms with E-state index in [-0.39, 0.29) is 12.1 Å². The van der Waals surface area contributed by atoms with Crippen molar-refractivity contribution >= 4 is 0 Å². The van der Waals surface area contributed by atoms with Crippen LogP contribution in [-0.4, -0.2) is 18.8 Å². The molecule has 0 saturated heterocycles. The van der Waals surface area contributed by atoms with E-state index >= 15 is 0 Å². The summed E-state index contributed by atoms with van der Waals surface area (Å²) in [6.07, 6.45) is 2.85. The third kappa shape index (κ3) is 3.45. The fourth-order valence-corrected chi connectivity index (χ4v) is 1.78. The van der Waals surface area contributed by atoms with Gasteiger partial charge in [-0.3, -0.25) is 0 Å². The Labute approximate surface area is 103 Å². The van der Waals surface area contributed by atoms with Gasteiger partial charge >= 0.3 is 0 Å². The van der Waals surface area contributed by atoms with Crippen LogP contribution in [-0.2, 0) is 4.74 Å². The van der Waals surface area contributed by atoms with Crippen molar-refractivity contribution in [2.45, 2.75) is 44.9 Å². The minimum atomic E-state index is -0.0788. The minimum Gasteiger partial charge on any atom is -0.490 e. The zero-order valence-corrected chi connectivity index (χ0v) is 10.6. The van der Waals surface area contributed by atoms with Crippen LogP contribution < -0.4 is 10.5 Å². The first kappa shape index (κ1) is 12.4. The second kappa shape index (κ2) is 5.52. The van der Waals surface area contributed by atoms with Crippen molar-refractivity contribution in [3.05, 3.63) is 29.8 Å². The molecular formula is C14H21NO2. The van der Waals surface area contributed by atoms with Crippen LogP contribution in [0.1, 0.15) is 38.3 Å². The van der Waals surface area contributed by atoms with E-state index < -0.39 is 0 Å². The molecular weight excluding hydrogens is 214 g/mol. The molecule has 2 N–H and O–H groups in total. The number of nitrogens with two attached hydrogens (primary N) is 1. The maximum absolute atomic E-state index is 6.12. The minimum absolute atomic E-state index is 0.0372. The molecule has 1 fully saturated rings. The Balaban J connectivity index is 1.95. The van der Waals surface area contributed by atoms with Gasteiger partial charge in [0.1, 0.15) is 5.75 Å². The van der Waals surface area contributed by atoms with E-state index in [0.29, 0.717) is 12.7 Å². The Bertz CT molecular complexity index is 346. The van der Waals surface area contributed by atoms with Crippen LogP contribution >= 0.6 is 0 Å². The first-order valence-electron chi connectivity index (χ1n) is 6.34. The largest absolute Gasteiger partial charge is 0.490 e. The summed E-state index contributed by atoms with van der Waals surface area (Å²) in [5.74, 6) is 0.938. The highest BCUT2D eigenvalue weighted by Gasteiger charge is 2.23. The topological polar surface area (TPSA) is 44.5 Å². The monoisotopic (exact) mass is 235 g/mol. The highest BCUT2D eigenvalue weighted by Crippen LogP contribution is 2.27. The lowest BCUT2D eigenvalue weighted by Gasteiger charge is -2.20. The average molecular weight is 235 g/mol. The van der Waals surface area contributed by atoms with Crippen LogP contribution in [0.2, 0.25) is 0 Å². The summed E-state index contributed by atoms with van der Waals surface area (Å²) in [6, 6.07) is 7.96. The second-order valence-electron chi connectivity index (χ2n) is 4.57.